The Labute approximate surface area is 143 Å². The van der Waals surface area contributed by atoms with E-state index in [1.54, 1.807) is 0 Å². The van der Waals surface area contributed by atoms with E-state index in [9.17, 15) is 19.7 Å². The van der Waals surface area contributed by atoms with Crippen LogP contribution in [-0.4, -0.2) is 58.6 Å². The van der Waals surface area contributed by atoms with E-state index in [1.807, 2.05) is 0 Å². The Morgan fingerprint density at radius 2 is 2.16 bits per heavy atom. The summed E-state index contributed by atoms with van der Waals surface area (Å²) in [4.78, 5) is 36.0. The fourth-order valence-electron chi connectivity index (χ4n) is 2.84. The van der Waals surface area contributed by atoms with E-state index in [-0.39, 0.29) is 36.9 Å². The molecule has 0 spiro atoms. The van der Waals surface area contributed by atoms with Crippen LogP contribution in [0.25, 0.3) is 0 Å². The standard InChI is InChI=1S/C16H19N3O6/c20-15(21)8-12-9-25-6-5-18(12)16(22)10-1-4-13(17-11-2-3-11)14(7-10)19(23)24/h1,4,7,11-12,17H,2-3,5-6,8-9H2,(H,20,21). The largest absolute Gasteiger partial charge is 0.481 e. The number of aliphatic carboxylic acids is 1. The number of benzene rings is 1. The number of ether oxygens (including phenoxy) is 1. The van der Waals surface area contributed by atoms with Gasteiger partial charge in [0.25, 0.3) is 11.6 Å². The van der Waals surface area contributed by atoms with Gasteiger partial charge in [-0.25, -0.2) is 0 Å². The lowest BCUT2D eigenvalue weighted by molar-refractivity contribution is -0.384. The number of anilines is 1. The fourth-order valence-corrected chi connectivity index (χ4v) is 2.84. The van der Waals surface area contributed by atoms with Crippen LogP contribution >= 0.6 is 0 Å². The number of rotatable bonds is 6. The molecular formula is C16H19N3O6. The van der Waals surface area contributed by atoms with Gasteiger partial charge in [-0.3, -0.25) is 19.7 Å². The maximum Gasteiger partial charge on any atom is 0.305 e. The van der Waals surface area contributed by atoms with Crippen molar-refractivity contribution in [2.24, 2.45) is 0 Å². The van der Waals surface area contributed by atoms with Gasteiger partial charge in [-0.1, -0.05) is 0 Å². The molecule has 0 radical (unpaired) electrons. The van der Waals surface area contributed by atoms with E-state index in [2.05, 4.69) is 5.32 Å². The second-order valence-corrected chi connectivity index (χ2v) is 6.23. The molecule has 0 aromatic heterocycles. The number of nitrogens with one attached hydrogen (secondary N) is 1. The molecule has 1 unspecified atom stereocenters. The molecule has 1 aromatic rings. The van der Waals surface area contributed by atoms with Crippen molar-refractivity contribution in [3.8, 4) is 0 Å². The van der Waals surface area contributed by atoms with Gasteiger partial charge in [0.05, 0.1) is 30.6 Å². The number of carboxylic acids is 1. The molecule has 1 saturated heterocycles. The molecule has 1 aromatic carbocycles. The van der Waals surface area contributed by atoms with E-state index in [1.165, 1.54) is 23.1 Å². The second kappa shape index (κ2) is 7.06. The van der Waals surface area contributed by atoms with Crippen LogP contribution in [0.15, 0.2) is 18.2 Å². The van der Waals surface area contributed by atoms with Crippen molar-refractivity contribution in [3.05, 3.63) is 33.9 Å². The summed E-state index contributed by atoms with van der Waals surface area (Å²) in [5.41, 5.74) is 0.416. The van der Waals surface area contributed by atoms with E-state index < -0.39 is 22.8 Å². The minimum Gasteiger partial charge on any atom is -0.481 e. The molecule has 9 heteroatoms. The Morgan fingerprint density at radius 3 is 2.80 bits per heavy atom. The van der Waals surface area contributed by atoms with Gasteiger partial charge in [-0.2, -0.15) is 0 Å². The summed E-state index contributed by atoms with van der Waals surface area (Å²) >= 11 is 0. The Bertz CT molecular complexity index is 703. The number of hydrogen-bond acceptors (Lipinski definition) is 6. The first kappa shape index (κ1) is 17.2. The predicted octanol–water partition coefficient (Wildman–Crippen LogP) is 1.48. The lowest BCUT2D eigenvalue weighted by Gasteiger charge is -2.34. The van der Waals surface area contributed by atoms with Gasteiger partial charge in [-0.15, -0.1) is 0 Å². The Kier molecular flexibility index (Phi) is 4.84. The highest BCUT2D eigenvalue weighted by atomic mass is 16.6. The fraction of sp³-hybridized carbons (Fsp3) is 0.500. The van der Waals surface area contributed by atoms with Crippen molar-refractivity contribution in [2.45, 2.75) is 31.3 Å². The summed E-state index contributed by atoms with van der Waals surface area (Å²) in [7, 11) is 0. The summed E-state index contributed by atoms with van der Waals surface area (Å²) in [6.45, 7) is 0.708. The average Bonchev–Trinajstić information content (AvgIpc) is 3.38. The van der Waals surface area contributed by atoms with Crippen LogP contribution in [0.5, 0.6) is 0 Å². The average molecular weight is 349 g/mol. The zero-order chi connectivity index (χ0) is 18.0. The smallest absolute Gasteiger partial charge is 0.305 e. The van der Waals surface area contributed by atoms with E-state index in [4.69, 9.17) is 9.84 Å². The number of morpholine rings is 1. The number of carbonyl (C=O) groups is 2. The summed E-state index contributed by atoms with van der Waals surface area (Å²) < 4.78 is 5.26. The highest BCUT2D eigenvalue weighted by Crippen LogP contribution is 2.32. The molecule has 1 atom stereocenters. The maximum absolute atomic E-state index is 12.7. The lowest BCUT2D eigenvalue weighted by atomic mass is 10.1. The predicted molar refractivity (Wildman–Crippen MR) is 87.6 cm³/mol. The van der Waals surface area contributed by atoms with E-state index >= 15 is 0 Å². The van der Waals surface area contributed by atoms with Crippen LogP contribution in [0, 0.1) is 10.1 Å². The number of hydrogen-bond donors (Lipinski definition) is 2. The van der Waals surface area contributed by atoms with Gasteiger partial charge in [-0.05, 0) is 25.0 Å². The maximum atomic E-state index is 12.7. The third-order valence-electron chi connectivity index (χ3n) is 4.28. The monoisotopic (exact) mass is 349 g/mol. The minimum atomic E-state index is -1.02. The van der Waals surface area contributed by atoms with Crippen LogP contribution in [-0.2, 0) is 9.53 Å². The molecule has 1 amide bonds. The number of amides is 1. The Balaban J connectivity index is 1.83. The molecule has 0 bridgehead atoms. The van der Waals surface area contributed by atoms with Crippen LogP contribution < -0.4 is 5.32 Å². The molecule has 134 valence electrons. The first-order chi connectivity index (χ1) is 12.0. The summed E-state index contributed by atoms with van der Waals surface area (Å²) in [6, 6.07) is 3.99. The third kappa shape index (κ3) is 4.05. The summed E-state index contributed by atoms with van der Waals surface area (Å²) in [5, 5.41) is 23.4. The molecule has 1 saturated carbocycles. The van der Waals surface area contributed by atoms with Gasteiger partial charge >= 0.3 is 5.97 Å². The quantitative estimate of drug-likeness (QED) is 0.589. The SMILES string of the molecule is O=C(O)CC1COCCN1C(=O)c1ccc(NC2CC2)c([N+](=O)[O-])c1. The molecule has 9 nitrogen and oxygen atoms in total. The molecule has 3 rings (SSSR count). The minimum absolute atomic E-state index is 0.140. The number of carboxylic acid groups (broad SMARTS) is 1. The zero-order valence-corrected chi connectivity index (χ0v) is 13.5. The molecule has 2 N–H and O–H groups in total. The zero-order valence-electron chi connectivity index (χ0n) is 13.5. The molecule has 1 aliphatic heterocycles. The topological polar surface area (TPSA) is 122 Å². The summed E-state index contributed by atoms with van der Waals surface area (Å²) in [6.07, 6.45) is 1.72. The number of nitro groups is 1. The van der Waals surface area contributed by atoms with E-state index in [0.29, 0.717) is 12.3 Å². The lowest BCUT2D eigenvalue weighted by Crippen LogP contribution is -2.49. The van der Waals surface area contributed by atoms with Crippen molar-refractivity contribution >= 4 is 23.3 Å². The van der Waals surface area contributed by atoms with Crippen LogP contribution in [0.2, 0.25) is 0 Å². The van der Waals surface area contributed by atoms with Gasteiger partial charge in [0.1, 0.15) is 5.69 Å². The third-order valence-corrected chi connectivity index (χ3v) is 4.28. The van der Waals surface area contributed by atoms with Gasteiger partial charge < -0.3 is 20.1 Å². The highest BCUT2D eigenvalue weighted by Gasteiger charge is 2.31. The molecule has 1 heterocycles. The van der Waals surface area contributed by atoms with E-state index in [0.717, 1.165) is 12.8 Å². The molecular weight excluding hydrogens is 330 g/mol. The van der Waals surface area contributed by atoms with Crippen molar-refractivity contribution in [1.82, 2.24) is 4.90 Å². The molecule has 2 fully saturated rings. The number of nitro benzene ring substituents is 1. The summed E-state index contributed by atoms with van der Waals surface area (Å²) in [5.74, 6) is -1.45. The first-order valence-corrected chi connectivity index (χ1v) is 8.11. The van der Waals surface area contributed by atoms with Gasteiger partial charge in [0.2, 0.25) is 0 Å². The first-order valence-electron chi connectivity index (χ1n) is 8.11. The van der Waals surface area contributed by atoms with Gasteiger partial charge in [0.15, 0.2) is 0 Å². The van der Waals surface area contributed by atoms with Crippen molar-refractivity contribution < 1.29 is 24.4 Å². The van der Waals surface area contributed by atoms with Crippen molar-refractivity contribution in [3.63, 3.8) is 0 Å². The highest BCUT2D eigenvalue weighted by molar-refractivity contribution is 5.96. The molecule has 25 heavy (non-hydrogen) atoms. The molecule has 2 aliphatic rings. The second-order valence-electron chi connectivity index (χ2n) is 6.23. The van der Waals surface area contributed by atoms with Crippen LogP contribution in [0.1, 0.15) is 29.6 Å². The van der Waals surface area contributed by atoms with Gasteiger partial charge in [0, 0.05) is 24.2 Å². The number of carbonyl (C=O) groups excluding carboxylic acids is 1. The Morgan fingerprint density at radius 1 is 1.40 bits per heavy atom. The van der Waals surface area contributed by atoms with Crippen molar-refractivity contribution in [1.29, 1.82) is 0 Å². The van der Waals surface area contributed by atoms with Crippen LogP contribution in [0.4, 0.5) is 11.4 Å². The molecule has 1 aliphatic carbocycles. The number of nitrogens with zero attached hydrogens (tertiary/aromatic N) is 2. The van der Waals surface area contributed by atoms with Crippen LogP contribution in [0.3, 0.4) is 0 Å². The normalized spacial score (nSPS) is 20.2. The van der Waals surface area contributed by atoms with Crippen molar-refractivity contribution in [2.75, 3.05) is 25.1 Å². The Hall–Kier alpha value is -2.68.